The predicted octanol–water partition coefficient (Wildman–Crippen LogP) is 4.31. The first-order chi connectivity index (χ1) is 12.6. The third-order valence-electron chi connectivity index (χ3n) is 3.47. The molecule has 0 bridgehead atoms. The molecule has 140 valence electrons. The Kier molecular flexibility index (Phi) is 8.38. The fraction of sp³-hybridized carbons (Fsp3) is 0.316. The zero-order valence-electron chi connectivity index (χ0n) is 14.6. The van der Waals surface area contributed by atoms with E-state index in [1.807, 2.05) is 37.3 Å². The van der Waals surface area contributed by atoms with Crippen molar-refractivity contribution in [2.45, 2.75) is 13.3 Å². The monoisotopic (exact) mass is 396 g/mol. The molecule has 2 rings (SSSR count). The van der Waals surface area contributed by atoms with E-state index in [-0.39, 0.29) is 6.03 Å². The summed E-state index contributed by atoms with van der Waals surface area (Å²) in [5.74, 6) is 1.46. The fourth-order valence-corrected chi connectivity index (χ4v) is 2.75. The van der Waals surface area contributed by atoms with Gasteiger partial charge < -0.3 is 20.1 Å². The third-order valence-corrected chi connectivity index (χ3v) is 4.05. The molecule has 0 aliphatic heterocycles. The first-order valence-electron chi connectivity index (χ1n) is 8.39. The van der Waals surface area contributed by atoms with Crippen LogP contribution in [0.3, 0.4) is 0 Å². The molecule has 0 spiro atoms. The van der Waals surface area contributed by atoms with E-state index in [1.165, 1.54) is 0 Å². The second-order valence-corrected chi connectivity index (χ2v) is 6.27. The average molecular weight is 397 g/mol. The molecule has 0 heterocycles. The lowest BCUT2D eigenvalue weighted by Crippen LogP contribution is -2.38. The molecule has 0 fully saturated rings. The molecule has 0 saturated carbocycles. The van der Waals surface area contributed by atoms with Gasteiger partial charge in [-0.2, -0.15) is 0 Å². The second kappa shape index (κ2) is 10.8. The summed E-state index contributed by atoms with van der Waals surface area (Å²) in [7, 11) is 0. The molecule has 2 aromatic rings. The van der Waals surface area contributed by atoms with Crippen LogP contribution in [0.1, 0.15) is 12.5 Å². The van der Waals surface area contributed by atoms with Crippen LogP contribution in [0, 0.1) is 0 Å². The Morgan fingerprint density at radius 2 is 1.73 bits per heavy atom. The normalized spacial score (nSPS) is 10.3. The van der Waals surface area contributed by atoms with E-state index < -0.39 is 0 Å². The zero-order valence-corrected chi connectivity index (χ0v) is 16.1. The molecule has 0 atom stereocenters. The van der Waals surface area contributed by atoms with Crippen LogP contribution in [0.15, 0.2) is 42.5 Å². The number of carbonyl (C=O) groups is 1. The predicted molar refractivity (Wildman–Crippen MR) is 105 cm³/mol. The number of urea groups is 1. The molecule has 5 nitrogen and oxygen atoms in total. The van der Waals surface area contributed by atoms with Crippen molar-refractivity contribution < 1.29 is 14.3 Å². The SMILES string of the molecule is CCOc1cccc(OCCNC(=O)NCCc2ccc(Cl)cc2Cl)c1. The van der Waals surface area contributed by atoms with Crippen molar-refractivity contribution in [3.05, 3.63) is 58.1 Å². The minimum Gasteiger partial charge on any atom is -0.494 e. The Hall–Kier alpha value is -2.11. The number of nitrogens with one attached hydrogen (secondary N) is 2. The smallest absolute Gasteiger partial charge is 0.314 e. The van der Waals surface area contributed by atoms with E-state index >= 15 is 0 Å². The standard InChI is InChI=1S/C19H22Cl2N2O3/c1-2-25-16-4-3-5-17(13-16)26-11-10-23-19(24)22-9-8-14-6-7-15(20)12-18(14)21/h3-7,12-13H,2,8-11H2,1H3,(H2,22,23,24). The third kappa shape index (κ3) is 7.02. The Morgan fingerprint density at radius 3 is 2.46 bits per heavy atom. The number of amides is 2. The number of hydrogen-bond acceptors (Lipinski definition) is 3. The van der Waals surface area contributed by atoms with Gasteiger partial charge in [0.05, 0.1) is 13.2 Å². The van der Waals surface area contributed by atoms with E-state index in [4.69, 9.17) is 32.7 Å². The van der Waals surface area contributed by atoms with Gasteiger partial charge in [0.15, 0.2) is 0 Å². The van der Waals surface area contributed by atoms with Crippen molar-refractivity contribution in [2.75, 3.05) is 26.3 Å². The van der Waals surface area contributed by atoms with Gasteiger partial charge in [-0.15, -0.1) is 0 Å². The van der Waals surface area contributed by atoms with Crippen LogP contribution >= 0.6 is 23.2 Å². The number of carbonyl (C=O) groups excluding carboxylic acids is 1. The summed E-state index contributed by atoms with van der Waals surface area (Å²) in [4.78, 5) is 11.8. The van der Waals surface area contributed by atoms with Crippen LogP contribution in [0.25, 0.3) is 0 Å². The Bertz CT molecular complexity index is 726. The quantitative estimate of drug-likeness (QED) is 0.620. The van der Waals surface area contributed by atoms with E-state index in [2.05, 4.69) is 10.6 Å². The summed E-state index contributed by atoms with van der Waals surface area (Å²) < 4.78 is 11.0. The summed E-state index contributed by atoms with van der Waals surface area (Å²) in [6, 6.07) is 12.5. The van der Waals surface area contributed by atoms with Crippen molar-refractivity contribution in [3.63, 3.8) is 0 Å². The summed E-state index contributed by atoms with van der Waals surface area (Å²) in [6.45, 7) is 3.77. The highest BCUT2D eigenvalue weighted by Gasteiger charge is 2.04. The molecule has 26 heavy (non-hydrogen) atoms. The maximum atomic E-state index is 11.8. The van der Waals surface area contributed by atoms with Gasteiger partial charge in [-0.3, -0.25) is 0 Å². The number of benzene rings is 2. The molecule has 0 unspecified atom stereocenters. The lowest BCUT2D eigenvalue weighted by atomic mass is 10.1. The molecule has 0 aliphatic rings. The van der Waals surface area contributed by atoms with Crippen molar-refractivity contribution >= 4 is 29.2 Å². The van der Waals surface area contributed by atoms with E-state index in [0.29, 0.717) is 48.5 Å². The molecule has 0 saturated heterocycles. The number of ether oxygens (including phenoxy) is 2. The Balaban J connectivity index is 1.62. The minimum absolute atomic E-state index is 0.248. The Labute approximate surface area is 163 Å². The highest BCUT2D eigenvalue weighted by atomic mass is 35.5. The van der Waals surface area contributed by atoms with E-state index in [0.717, 1.165) is 11.3 Å². The lowest BCUT2D eigenvalue weighted by molar-refractivity contribution is 0.236. The average Bonchev–Trinajstić information content (AvgIpc) is 2.61. The van der Waals surface area contributed by atoms with Gasteiger partial charge in [0.2, 0.25) is 0 Å². The first kappa shape index (κ1) is 20.2. The summed E-state index contributed by atoms with van der Waals surface area (Å²) in [6.07, 6.45) is 0.629. The van der Waals surface area contributed by atoms with Crippen LogP contribution in [0.5, 0.6) is 11.5 Å². The van der Waals surface area contributed by atoms with Gasteiger partial charge in [0.25, 0.3) is 0 Å². The van der Waals surface area contributed by atoms with Gasteiger partial charge >= 0.3 is 6.03 Å². The van der Waals surface area contributed by atoms with Gasteiger partial charge in [-0.05, 0) is 43.2 Å². The van der Waals surface area contributed by atoms with E-state index in [1.54, 1.807) is 12.1 Å². The van der Waals surface area contributed by atoms with Crippen molar-refractivity contribution in [1.82, 2.24) is 10.6 Å². The fourth-order valence-electron chi connectivity index (χ4n) is 2.25. The maximum Gasteiger partial charge on any atom is 0.314 e. The molecule has 0 aliphatic carbocycles. The number of hydrogen-bond donors (Lipinski definition) is 2. The molecule has 0 aromatic heterocycles. The Morgan fingerprint density at radius 1 is 1.00 bits per heavy atom. The van der Waals surface area contributed by atoms with Gasteiger partial charge in [0, 0.05) is 22.7 Å². The number of rotatable bonds is 9. The van der Waals surface area contributed by atoms with Crippen LogP contribution < -0.4 is 20.1 Å². The van der Waals surface area contributed by atoms with Crippen molar-refractivity contribution in [1.29, 1.82) is 0 Å². The van der Waals surface area contributed by atoms with Gasteiger partial charge in [-0.1, -0.05) is 35.3 Å². The van der Waals surface area contributed by atoms with Crippen LogP contribution in [-0.2, 0) is 6.42 Å². The lowest BCUT2D eigenvalue weighted by Gasteiger charge is -2.10. The first-order valence-corrected chi connectivity index (χ1v) is 9.15. The number of halogens is 2. The summed E-state index contributed by atoms with van der Waals surface area (Å²) >= 11 is 12.0. The van der Waals surface area contributed by atoms with Crippen LogP contribution in [0.4, 0.5) is 4.79 Å². The highest BCUT2D eigenvalue weighted by Crippen LogP contribution is 2.21. The van der Waals surface area contributed by atoms with Crippen LogP contribution in [0.2, 0.25) is 10.0 Å². The van der Waals surface area contributed by atoms with Crippen molar-refractivity contribution in [3.8, 4) is 11.5 Å². The minimum atomic E-state index is -0.248. The summed E-state index contributed by atoms with van der Waals surface area (Å²) in [5.41, 5.74) is 0.939. The van der Waals surface area contributed by atoms with E-state index in [9.17, 15) is 4.79 Å². The van der Waals surface area contributed by atoms with Crippen molar-refractivity contribution in [2.24, 2.45) is 0 Å². The molecule has 2 amide bonds. The highest BCUT2D eigenvalue weighted by molar-refractivity contribution is 6.35. The van der Waals surface area contributed by atoms with Gasteiger partial charge in [-0.25, -0.2) is 4.79 Å². The second-order valence-electron chi connectivity index (χ2n) is 5.42. The largest absolute Gasteiger partial charge is 0.494 e. The molecule has 7 heteroatoms. The van der Waals surface area contributed by atoms with Crippen LogP contribution in [-0.4, -0.2) is 32.3 Å². The topological polar surface area (TPSA) is 59.6 Å². The molecule has 2 aromatic carbocycles. The molecule has 2 N–H and O–H groups in total. The molecular weight excluding hydrogens is 375 g/mol. The zero-order chi connectivity index (χ0) is 18.8. The molecule has 0 radical (unpaired) electrons. The molecular formula is C19H22Cl2N2O3. The van der Waals surface area contributed by atoms with Gasteiger partial charge in [0.1, 0.15) is 18.1 Å². The maximum absolute atomic E-state index is 11.8. The summed E-state index contributed by atoms with van der Waals surface area (Å²) in [5, 5.41) is 6.72.